The minimum absolute atomic E-state index is 0.0434. The summed E-state index contributed by atoms with van der Waals surface area (Å²) in [4.78, 5) is 21.2. The van der Waals surface area contributed by atoms with Crippen LogP contribution in [0, 0.1) is 13.8 Å². The smallest absolute Gasteiger partial charge is 0.154 e. The van der Waals surface area contributed by atoms with Crippen LogP contribution in [0.5, 0.6) is 5.75 Å². The molecule has 0 unspecified atom stereocenters. The maximum Gasteiger partial charge on any atom is 0.154 e. The number of rotatable bonds is 2. The van der Waals surface area contributed by atoms with Crippen molar-refractivity contribution in [2.45, 2.75) is 13.8 Å². The van der Waals surface area contributed by atoms with Crippen LogP contribution in [0.25, 0.3) is 0 Å². The van der Waals surface area contributed by atoms with Gasteiger partial charge in [-0.25, -0.2) is 0 Å². The molecular weight excluding hydrogens is 168 g/mol. The van der Waals surface area contributed by atoms with Gasteiger partial charge < -0.3 is 5.11 Å². The number of carbonyl (C=O) groups excluding carboxylic acids is 2. The Kier molecular flexibility index (Phi) is 2.46. The van der Waals surface area contributed by atoms with Gasteiger partial charge in [-0.15, -0.1) is 0 Å². The molecule has 1 aromatic carbocycles. The summed E-state index contributed by atoms with van der Waals surface area (Å²) in [5.41, 5.74) is 1.70. The molecule has 1 N–H and O–H groups in total. The third-order valence-corrected chi connectivity index (χ3v) is 2.08. The predicted molar refractivity (Wildman–Crippen MR) is 48.4 cm³/mol. The van der Waals surface area contributed by atoms with Crippen molar-refractivity contribution in [2.24, 2.45) is 0 Å². The number of hydrogen-bond acceptors (Lipinski definition) is 3. The first-order valence-electron chi connectivity index (χ1n) is 3.85. The molecule has 0 fully saturated rings. The van der Waals surface area contributed by atoms with Gasteiger partial charge in [0.25, 0.3) is 0 Å². The molecule has 0 bridgehead atoms. The molecule has 0 atom stereocenters. The molecule has 0 spiro atoms. The topological polar surface area (TPSA) is 54.4 Å². The highest BCUT2D eigenvalue weighted by Gasteiger charge is 2.10. The number of hydrogen-bond donors (Lipinski definition) is 1. The number of carbonyl (C=O) groups is 2. The van der Waals surface area contributed by atoms with Crippen molar-refractivity contribution in [1.82, 2.24) is 0 Å². The summed E-state index contributed by atoms with van der Waals surface area (Å²) in [5.74, 6) is -0.0434. The fourth-order valence-corrected chi connectivity index (χ4v) is 1.22. The van der Waals surface area contributed by atoms with Crippen LogP contribution in [-0.4, -0.2) is 17.7 Å². The highest BCUT2D eigenvalue weighted by Crippen LogP contribution is 2.25. The highest BCUT2D eigenvalue weighted by molar-refractivity contribution is 5.89. The lowest BCUT2D eigenvalue weighted by atomic mass is 9.99. The number of aldehydes is 2. The van der Waals surface area contributed by atoms with Gasteiger partial charge in [-0.2, -0.15) is 0 Å². The molecule has 0 aliphatic carbocycles. The molecule has 0 saturated heterocycles. The van der Waals surface area contributed by atoms with Crippen LogP contribution in [0.1, 0.15) is 31.8 Å². The summed E-state index contributed by atoms with van der Waals surface area (Å²) in [6, 6.07) is 1.56. The van der Waals surface area contributed by atoms with Crippen LogP contribution in [0.15, 0.2) is 6.07 Å². The summed E-state index contributed by atoms with van der Waals surface area (Å²) >= 11 is 0. The van der Waals surface area contributed by atoms with Crippen molar-refractivity contribution < 1.29 is 14.7 Å². The number of aromatic hydroxyl groups is 1. The van der Waals surface area contributed by atoms with Gasteiger partial charge in [0.05, 0.1) is 5.56 Å². The van der Waals surface area contributed by atoms with Crippen LogP contribution >= 0.6 is 0 Å². The van der Waals surface area contributed by atoms with E-state index in [1.165, 1.54) is 0 Å². The lowest BCUT2D eigenvalue weighted by molar-refractivity contribution is 0.112. The summed E-state index contributed by atoms with van der Waals surface area (Å²) < 4.78 is 0. The number of aryl methyl sites for hydroxylation is 1. The first-order valence-corrected chi connectivity index (χ1v) is 3.85. The summed E-state index contributed by atoms with van der Waals surface area (Å²) in [5, 5.41) is 9.45. The number of benzene rings is 1. The molecule has 0 aromatic heterocycles. The van der Waals surface area contributed by atoms with E-state index in [9.17, 15) is 14.7 Å². The Morgan fingerprint density at radius 3 is 2.31 bits per heavy atom. The molecule has 3 nitrogen and oxygen atoms in total. The zero-order chi connectivity index (χ0) is 10.0. The van der Waals surface area contributed by atoms with Gasteiger partial charge in [-0.05, 0) is 31.0 Å². The Labute approximate surface area is 76.0 Å². The normalized spacial score (nSPS) is 9.69. The standard InChI is InChI=1S/C10H10O3/c1-6-3-8(4-11)7(2)9(5-12)10(6)13/h3-5,13H,1-2H3. The zero-order valence-electron chi connectivity index (χ0n) is 7.50. The third kappa shape index (κ3) is 1.45. The Balaban J connectivity index is 3.56. The summed E-state index contributed by atoms with van der Waals surface area (Å²) in [6.07, 6.45) is 1.24. The fraction of sp³-hybridized carbons (Fsp3) is 0.200. The van der Waals surface area contributed by atoms with Crippen molar-refractivity contribution in [1.29, 1.82) is 0 Å². The second-order valence-electron chi connectivity index (χ2n) is 2.91. The molecule has 1 aromatic rings. The Hall–Kier alpha value is -1.64. The van der Waals surface area contributed by atoms with Crippen LogP contribution in [0.4, 0.5) is 0 Å². The second kappa shape index (κ2) is 3.39. The number of phenols is 1. The molecule has 3 heteroatoms. The third-order valence-electron chi connectivity index (χ3n) is 2.08. The van der Waals surface area contributed by atoms with Crippen LogP contribution < -0.4 is 0 Å². The monoisotopic (exact) mass is 178 g/mol. The molecule has 13 heavy (non-hydrogen) atoms. The Morgan fingerprint density at radius 1 is 1.23 bits per heavy atom. The average molecular weight is 178 g/mol. The first-order chi connectivity index (χ1) is 6.11. The van der Waals surface area contributed by atoms with Gasteiger partial charge in [-0.3, -0.25) is 9.59 Å². The minimum atomic E-state index is -0.0434. The van der Waals surface area contributed by atoms with Crippen molar-refractivity contribution in [3.63, 3.8) is 0 Å². The van der Waals surface area contributed by atoms with Crippen molar-refractivity contribution in [3.8, 4) is 5.75 Å². The van der Waals surface area contributed by atoms with Gasteiger partial charge in [0.1, 0.15) is 12.0 Å². The second-order valence-corrected chi connectivity index (χ2v) is 2.91. The van der Waals surface area contributed by atoms with Gasteiger partial charge in [0.15, 0.2) is 6.29 Å². The predicted octanol–water partition coefficient (Wildman–Crippen LogP) is 1.63. The van der Waals surface area contributed by atoms with Gasteiger partial charge in [0, 0.05) is 5.56 Å². The lowest BCUT2D eigenvalue weighted by Crippen LogP contribution is -1.96. The molecule has 0 heterocycles. The van der Waals surface area contributed by atoms with E-state index in [-0.39, 0.29) is 11.3 Å². The van der Waals surface area contributed by atoms with Crippen molar-refractivity contribution in [2.75, 3.05) is 0 Å². The summed E-state index contributed by atoms with van der Waals surface area (Å²) in [7, 11) is 0. The molecule has 0 amide bonds. The van der Waals surface area contributed by atoms with Crippen LogP contribution in [-0.2, 0) is 0 Å². The molecule has 0 saturated carbocycles. The Bertz CT molecular complexity index is 367. The highest BCUT2D eigenvalue weighted by atomic mass is 16.3. The minimum Gasteiger partial charge on any atom is -0.507 e. The van der Waals surface area contributed by atoms with E-state index in [1.807, 2.05) is 0 Å². The van der Waals surface area contributed by atoms with E-state index in [0.717, 1.165) is 0 Å². The van der Waals surface area contributed by atoms with Crippen LogP contribution in [0.2, 0.25) is 0 Å². The SMILES string of the molecule is Cc1cc(C=O)c(C)c(C=O)c1O. The maximum atomic E-state index is 10.6. The van der Waals surface area contributed by atoms with Crippen molar-refractivity contribution >= 4 is 12.6 Å². The fourth-order valence-electron chi connectivity index (χ4n) is 1.22. The van der Waals surface area contributed by atoms with E-state index in [1.54, 1.807) is 19.9 Å². The Morgan fingerprint density at radius 2 is 1.85 bits per heavy atom. The average Bonchev–Trinajstić information content (AvgIpc) is 2.12. The van der Waals surface area contributed by atoms with Gasteiger partial charge in [-0.1, -0.05) is 0 Å². The molecule has 1 rings (SSSR count). The van der Waals surface area contributed by atoms with E-state index >= 15 is 0 Å². The first kappa shape index (κ1) is 9.45. The molecular formula is C10H10O3. The quantitative estimate of drug-likeness (QED) is 0.700. The van der Waals surface area contributed by atoms with Crippen molar-refractivity contribution in [3.05, 3.63) is 28.3 Å². The number of phenolic OH excluding ortho intramolecular Hbond substituents is 1. The molecule has 0 aliphatic heterocycles. The maximum absolute atomic E-state index is 10.6. The molecule has 68 valence electrons. The van der Waals surface area contributed by atoms with E-state index < -0.39 is 0 Å². The molecule has 0 radical (unpaired) electrons. The lowest BCUT2D eigenvalue weighted by Gasteiger charge is -2.07. The largest absolute Gasteiger partial charge is 0.507 e. The molecule has 0 aliphatic rings. The summed E-state index contributed by atoms with van der Waals surface area (Å²) in [6.45, 7) is 3.28. The zero-order valence-corrected chi connectivity index (χ0v) is 7.50. The van der Waals surface area contributed by atoms with E-state index in [4.69, 9.17) is 0 Å². The van der Waals surface area contributed by atoms with E-state index in [0.29, 0.717) is 29.3 Å². The van der Waals surface area contributed by atoms with Gasteiger partial charge >= 0.3 is 0 Å². The van der Waals surface area contributed by atoms with Crippen LogP contribution in [0.3, 0.4) is 0 Å². The van der Waals surface area contributed by atoms with Gasteiger partial charge in [0.2, 0.25) is 0 Å². The van der Waals surface area contributed by atoms with E-state index in [2.05, 4.69) is 0 Å².